The second-order valence-corrected chi connectivity index (χ2v) is 10.8. The summed E-state index contributed by atoms with van der Waals surface area (Å²) in [5.74, 6) is 0.173. The first-order valence-electron chi connectivity index (χ1n) is 13.1. The number of imidazole rings is 1. The average Bonchev–Trinajstić information content (AvgIpc) is 3.53. The Morgan fingerprint density at radius 3 is 2.59 bits per heavy atom. The fraction of sp³-hybridized carbons (Fsp3) is 0.250. The fourth-order valence-electron chi connectivity index (χ4n) is 6.78. The van der Waals surface area contributed by atoms with E-state index < -0.39 is 0 Å². The van der Waals surface area contributed by atoms with E-state index in [1.54, 1.807) is 0 Å². The molecule has 0 spiro atoms. The number of anilines is 1. The minimum absolute atomic E-state index is 0.0320. The molecule has 0 radical (unpaired) electrons. The molecule has 184 valence electrons. The molecule has 2 unspecified atom stereocenters. The maximum Gasteiger partial charge on any atom is 0.266 e. The topological polar surface area (TPSA) is 32.4 Å². The van der Waals surface area contributed by atoms with Gasteiger partial charge in [-0.3, -0.25) is 4.79 Å². The molecule has 2 aliphatic heterocycles. The van der Waals surface area contributed by atoms with Crippen molar-refractivity contribution in [2.75, 3.05) is 18.5 Å². The number of amides is 1. The Balaban J connectivity index is 1.19. The molecule has 7 rings (SSSR count). The standard InChI is InChI=1S/C32H31N4O/c1-32-17-18-36(31(32)33(2)27-12-6-5-11-26(27)32)30(37)21-35-22-34(28-13-7-8-14-29(28)35)20-23-15-16-24-9-3-4-10-25(24)19-23/h3-16,19,22,31H,17-18,20-21H2,1-2H3/q+1. The molecule has 0 bridgehead atoms. The van der Waals surface area contributed by atoms with Gasteiger partial charge in [0.15, 0.2) is 17.6 Å². The van der Waals surface area contributed by atoms with E-state index in [0.717, 1.165) is 30.5 Å². The number of para-hydroxylation sites is 3. The van der Waals surface area contributed by atoms with Crippen molar-refractivity contribution in [3.05, 3.63) is 108 Å². The van der Waals surface area contributed by atoms with Gasteiger partial charge in [0.25, 0.3) is 5.91 Å². The smallest absolute Gasteiger partial charge is 0.266 e. The van der Waals surface area contributed by atoms with Crippen molar-refractivity contribution in [3.63, 3.8) is 0 Å². The molecular formula is C32H31N4O+. The largest absolute Gasteiger partial charge is 0.353 e. The van der Waals surface area contributed by atoms with E-state index in [4.69, 9.17) is 0 Å². The van der Waals surface area contributed by atoms with Gasteiger partial charge in [-0.1, -0.05) is 73.7 Å². The molecule has 4 aromatic carbocycles. The Morgan fingerprint density at radius 1 is 0.946 bits per heavy atom. The summed E-state index contributed by atoms with van der Waals surface area (Å²) < 4.78 is 4.38. The third-order valence-corrected chi connectivity index (χ3v) is 8.58. The monoisotopic (exact) mass is 487 g/mol. The van der Waals surface area contributed by atoms with Crippen LogP contribution in [0.4, 0.5) is 5.69 Å². The lowest BCUT2D eigenvalue weighted by Crippen LogP contribution is -2.50. The van der Waals surface area contributed by atoms with Crippen LogP contribution in [0, 0.1) is 0 Å². The van der Waals surface area contributed by atoms with Gasteiger partial charge in [-0.15, -0.1) is 0 Å². The van der Waals surface area contributed by atoms with E-state index in [1.165, 1.54) is 27.6 Å². The summed E-state index contributed by atoms with van der Waals surface area (Å²) in [6, 6.07) is 32.1. The number of carbonyl (C=O) groups excluding carboxylic acids is 1. The second kappa shape index (κ2) is 8.20. The van der Waals surface area contributed by atoms with Gasteiger partial charge in [0.1, 0.15) is 12.7 Å². The number of likely N-dealkylation sites (N-methyl/N-ethyl adjacent to an activating group) is 1. The van der Waals surface area contributed by atoms with Crippen molar-refractivity contribution in [1.82, 2.24) is 9.47 Å². The number of hydrogen-bond acceptors (Lipinski definition) is 2. The number of nitrogens with zero attached hydrogens (tertiary/aromatic N) is 4. The Bertz CT molecular complexity index is 1670. The number of aromatic nitrogens is 2. The molecule has 37 heavy (non-hydrogen) atoms. The summed E-state index contributed by atoms with van der Waals surface area (Å²) in [6.45, 7) is 4.20. The molecule has 1 amide bonds. The number of likely N-dealkylation sites (tertiary alicyclic amines) is 1. The third-order valence-electron chi connectivity index (χ3n) is 8.58. The van der Waals surface area contributed by atoms with Crippen molar-refractivity contribution < 1.29 is 9.36 Å². The molecule has 5 aromatic rings. The lowest BCUT2D eigenvalue weighted by molar-refractivity contribution is -0.663. The minimum Gasteiger partial charge on any atom is -0.353 e. The number of benzene rings is 4. The highest BCUT2D eigenvalue weighted by atomic mass is 16.2. The first-order valence-corrected chi connectivity index (χ1v) is 13.1. The third kappa shape index (κ3) is 3.37. The van der Waals surface area contributed by atoms with Crippen LogP contribution in [0.2, 0.25) is 0 Å². The quantitative estimate of drug-likeness (QED) is 0.331. The van der Waals surface area contributed by atoms with Crippen LogP contribution in [0.15, 0.2) is 97.3 Å². The SMILES string of the molecule is CN1c2ccccc2C2(C)CCN(C(=O)Cn3c[n+](Cc4ccc5ccccc5c4)c4ccccc43)C12. The van der Waals surface area contributed by atoms with E-state index in [9.17, 15) is 4.79 Å². The Hall–Kier alpha value is -4.12. The molecule has 3 heterocycles. The molecule has 2 aliphatic rings. The van der Waals surface area contributed by atoms with E-state index in [-0.39, 0.29) is 17.5 Å². The van der Waals surface area contributed by atoms with Crippen molar-refractivity contribution in [1.29, 1.82) is 0 Å². The predicted molar refractivity (Wildman–Crippen MR) is 147 cm³/mol. The Morgan fingerprint density at radius 2 is 1.70 bits per heavy atom. The van der Waals surface area contributed by atoms with Gasteiger partial charge in [-0.05, 0) is 52.6 Å². The van der Waals surface area contributed by atoms with Crippen LogP contribution in [-0.4, -0.2) is 35.1 Å². The molecule has 0 aliphatic carbocycles. The van der Waals surface area contributed by atoms with Gasteiger partial charge < -0.3 is 9.80 Å². The van der Waals surface area contributed by atoms with E-state index in [1.807, 2.05) is 0 Å². The van der Waals surface area contributed by atoms with Gasteiger partial charge in [0.2, 0.25) is 6.33 Å². The lowest BCUT2D eigenvalue weighted by atomic mass is 9.81. The van der Waals surface area contributed by atoms with Crippen LogP contribution in [-0.2, 0) is 23.3 Å². The number of carbonyl (C=O) groups is 1. The van der Waals surface area contributed by atoms with Crippen LogP contribution in [0.5, 0.6) is 0 Å². The van der Waals surface area contributed by atoms with E-state index >= 15 is 0 Å². The Labute approximate surface area is 217 Å². The number of rotatable bonds is 4. The van der Waals surface area contributed by atoms with Gasteiger partial charge in [-0.25, -0.2) is 9.13 Å². The molecule has 5 heteroatoms. The van der Waals surface area contributed by atoms with Gasteiger partial charge in [0, 0.05) is 24.7 Å². The highest BCUT2D eigenvalue weighted by Gasteiger charge is 2.54. The van der Waals surface area contributed by atoms with Crippen molar-refractivity contribution in [2.45, 2.75) is 38.0 Å². The molecule has 2 atom stereocenters. The van der Waals surface area contributed by atoms with E-state index in [2.05, 4.69) is 130 Å². The molecule has 1 fully saturated rings. The Kier molecular flexibility index (Phi) is 4.90. The van der Waals surface area contributed by atoms with Crippen LogP contribution in [0.1, 0.15) is 24.5 Å². The molecule has 5 nitrogen and oxygen atoms in total. The normalized spacial score (nSPS) is 20.5. The number of fused-ring (bicyclic) bond motifs is 5. The zero-order valence-corrected chi connectivity index (χ0v) is 21.3. The van der Waals surface area contributed by atoms with Crippen molar-refractivity contribution in [2.24, 2.45) is 0 Å². The number of hydrogen-bond donors (Lipinski definition) is 0. The summed E-state index contributed by atoms with van der Waals surface area (Å²) in [7, 11) is 2.13. The molecule has 1 saturated heterocycles. The average molecular weight is 488 g/mol. The zero-order valence-electron chi connectivity index (χ0n) is 21.3. The predicted octanol–water partition coefficient (Wildman–Crippen LogP) is 5.10. The molecular weight excluding hydrogens is 456 g/mol. The molecule has 1 aromatic heterocycles. The maximum atomic E-state index is 13.8. The first-order chi connectivity index (χ1) is 18.0. The summed E-state index contributed by atoms with van der Waals surface area (Å²) in [5.41, 5.74) is 6.04. The highest BCUT2D eigenvalue weighted by molar-refractivity contribution is 5.83. The van der Waals surface area contributed by atoms with Crippen molar-refractivity contribution in [3.8, 4) is 0 Å². The summed E-state index contributed by atoms with van der Waals surface area (Å²) in [5, 5.41) is 2.50. The second-order valence-electron chi connectivity index (χ2n) is 10.8. The fourth-order valence-corrected chi connectivity index (χ4v) is 6.78. The minimum atomic E-state index is -0.0320. The molecule has 0 saturated carbocycles. The van der Waals surface area contributed by atoms with Gasteiger partial charge in [-0.2, -0.15) is 0 Å². The van der Waals surface area contributed by atoms with Gasteiger partial charge in [0.05, 0.1) is 0 Å². The van der Waals surface area contributed by atoms with Crippen LogP contribution < -0.4 is 9.47 Å². The van der Waals surface area contributed by atoms with Gasteiger partial charge >= 0.3 is 0 Å². The van der Waals surface area contributed by atoms with E-state index in [0.29, 0.717) is 6.54 Å². The van der Waals surface area contributed by atoms with Crippen molar-refractivity contribution >= 4 is 33.4 Å². The van der Waals surface area contributed by atoms with Crippen LogP contribution in [0.25, 0.3) is 21.8 Å². The zero-order chi connectivity index (χ0) is 25.1. The molecule has 0 N–H and O–H groups in total. The van der Waals surface area contributed by atoms with Crippen LogP contribution >= 0.6 is 0 Å². The lowest BCUT2D eigenvalue weighted by Gasteiger charge is -2.34. The van der Waals surface area contributed by atoms with Crippen LogP contribution in [0.3, 0.4) is 0 Å². The summed E-state index contributed by atoms with van der Waals surface area (Å²) >= 11 is 0. The summed E-state index contributed by atoms with van der Waals surface area (Å²) in [4.78, 5) is 18.2. The summed E-state index contributed by atoms with van der Waals surface area (Å²) in [6.07, 6.45) is 3.16. The maximum absolute atomic E-state index is 13.8. The highest BCUT2D eigenvalue weighted by Crippen LogP contribution is 2.51. The first kappa shape index (κ1) is 22.1.